The van der Waals surface area contributed by atoms with Gasteiger partial charge in [-0.25, -0.2) is 14.6 Å². The molecule has 1 heterocycles. The van der Waals surface area contributed by atoms with E-state index in [0.717, 1.165) is 11.4 Å². The molecule has 0 spiro atoms. The monoisotopic (exact) mass is 251 g/mol. The minimum Gasteiger partial charge on any atom is -0.460 e. The number of nitrogens with zero attached hydrogens (tertiary/aromatic N) is 2. The van der Waals surface area contributed by atoms with Crippen LogP contribution in [0.1, 0.15) is 18.3 Å². The molecule has 1 N–H and O–H groups in total. The van der Waals surface area contributed by atoms with Crippen LogP contribution in [0.5, 0.6) is 0 Å². The Morgan fingerprint density at radius 3 is 2.61 bits per heavy atom. The minimum atomic E-state index is -0.467. The maximum absolute atomic E-state index is 10.6. The van der Waals surface area contributed by atoms with Gasteiger partial charge in [0.2, 0.25) is 6.08 Å². The van der Waals surface area contributed by atoms with E-state index in [2.05, 4.69) is 26.5 Å². The van der Waals surface area contributed by atoms with Crippen LogP contribution in [0.25, 0.3) is 0 Å². The van der Waals surface area contributed by atoms with E-state index in [1.807, 2.05) is 19.9 Å². The Morgan fingerprint density at radius 2 is 2.28 bits per heavy atom. The van der Waals surface area contributed by atoms with E-state index in [0.29, 0.717) is 5.57 Å². The number of hydrogen-bond acceptors (Lipinski definition) is 5. The topological polar surface area (TPSA) is 84.4 Å². The quantitative estimate of drug-likeness (QED) is 0.289. The van der Waals surface area contributed by atoms with E-state index in [1.165, 1.54) is 6.08 Å². The molecule has 0 fully saturated rings. The summed E-state index contributed by atoms with van der Waals surface area (Å²) in [6, 6.07) is 2.00. The van der Waals surface area contributed by atoms with Gasteiger partial charge >= 0.3 is 5.97 Å². The van der Waals surface area contributed by atoms with Crippen molar-refractivity contribution in [3.63, 3.8) is 0 Å². The lowest BCUT2D eigenvalue weighted by atomic mass is 10.4. The van der Waals surface area contributed by atoms with Crippen molar-refractivity contribution in [2.45, 2.75) is 20.8 Å². The number of isocyanates is 1. The zero-order valence-corrected chi connectivity index (χ0v) is 10.8. The number of rotatable bonds is 4. The summed E-state index contributed by atoms with van der Waals surface area (Å²) in [5, 5.41) is 6.71. The third-order valence-corrected chi connectivity index (χ3v) is 1.68. The summed E-state index contributed by atoms with van der Waals surface area (Å²) in [6.45, 7) is 9.12. The van der Waals surface area contributed by atoms with E-state index < -0.39 is 5.97 Å². The Kier molecular flexibility index (Phi) is 7.81. The summed E-state index contributed by atoms with van der Waals surface area (Å²) in [4.78, 5) is 23.4. The third kappa shape index (κ3) is 8.01. The number of aromatic nitrogens is 2. The molecule has 0 saturated carbocycles. The second-order valence-electron chi connectivity index (χ2n) is 3.58. The molecule has 0 atom stereocenters. The van der Waals surface area contributed by atoms with Crippen LogP contribution in [0.2, 0.25) is 0 Å². The van der Waals surface area contributed by atoms with Crippen LogP contribution in [-0.2, 0) is 14.3 Å². The van der Waals surface area contributed by atoms with Gasteiger partial charge in [-0.05, 0) is 26.8 Å². The highest BCUT2D eigenvalue weighted by Gasteiger charge is 2.00. The molecule has 0 unspecified atom stereocenters. The zero-order chi connectivity index (χ0) is 14.0. The molecule has 6 heteroatoms. The van der Waals surface area contributed by atoms with Crippen molar-refractivity contribution >= 4 is 12.0 Å². The number of esters is 1. The molecule has 0 aromatic carbocycles. The standard InChI is InChI=1S/C7H9NO3.C5H8N2/c1-6(2)7(10)11-4-3-8-5-9;1-4-3-5(2)7-6-4/h1,3-4H2,2H3;3H,1-2H3,(H,6,7). The summed E-state index contributed by atoms with van der Waals surface area (Å²) in [5.41, 5.74) is 2.51. The molecule has 0 saturated heterocycles. The normalized spacial score (nSPS) is 8.61. The van der Waals surface area contributed by atoms with E-state index in [-0.39, 0.29) is 13.2 Å². The van der Waals surface area contributed by atoms with Crippen LogP contribution in [0.3, 0.4) is 0 Å². The molecule has 0 amide bonds. The van der Waals surface area contributed by atoms with Crippen molar-refractivity contribution in [2.24, 2.45) is 4.99 Å². The van der Waals surface area contributed by atoms with Gasteiger partial charge in [-0.2, -0.15) is 5.10 Å². The molecular formula is C12H17N3O3. The molecule has 98 valence electrons. The summed E-state index contributed by atoms with van der Waals surface area (Å²) < 4.78 is 4.59. The van der Waals surface area contributed by atoms with Crippen molar-refractivity contribution < 1.29 is 14.3 Å². The van der Waals surface area contributed by atoms with Gasteiger partial charge in [0.1, 0.15) is 6.61 Å². The van der Waals surface area contributed by atoms with Crippen molar-refractivity contribution in [2.75, 3.05) is 13.2 Å². The number of carbonyl (C=O) groups is 1. The summed E-state index contributed by atoms with van der Waals surface area (Å²) in [7, 11) is 0. The van der Waals surface area contributed by atoms with Gasteiger partial charge in [0.05, 0.1) is 12.2 Å². The zero-order valence-electron chi connectivity index (χ0n) is 10.8. The highest BCUT2D eigenvalue weighted by molar-refractivity contribution is 5.86. The van der Waals surface area contributed by atoms with E-state index >= 15 is 0 Å². The van der Waals surface area contributed by atoms with Gasteiger partial charge in [0.25, 0.3) is 0 Å². The first-order valence-corrected chi connectivity index (χ1v) is 5.32. The van der Waals surface area contributed by atoms with E-state index in [9.17, 15) is 9.59 Å². The van der Waals surface area contributed by atoms with Gasteiger partial charge in [-0.1, -0.05) is 6.58 Å². The van der Waals surface area contributed by atoms with E-state index in [4.69, 9.17) is 0 Å². The Balaban J connectivity index is 0.000000351. The number of aryl methyl sites for hydroxylation is 2. The first-order chi connectivity index (χ1) is 8.47. The molecule has 18 heavy (non-hydrogen) atoms. The summed E-state index contributed by atoms with van der Waals surface area (Å²) in [5.74, 6) is -0.467. The molecular weight excluding hydrogens is 234 g/mol. The molecule has 0 radical (unpaired) electrons. The second kappa shape index (κ2) is 8.90. The van der Waals surface area contributed by atoms with Crippen LogP contribution in [-0.4, -0.2) is 35.4 Å². The first-order valence-electron chi connectivity index (χ1n) is 5.32. The molecule has 6 nitrogen and oxygen atoms in total. The van der Waals surface area contributed by atoms with E-state index in [1.54, 1.807) is 6.92 Å². The smallest absolute Gasteiger partial charge is 0.333 e. The van der Waals surface area contributed by atoms with Gasteiger partial charge in [0, 0.05) is 11.3 Å². The van der Waals surface area contributed by atoms with Crippen LogP contribution in [0.15, 0.2) is 23.2 Å². The number of aliphatic imine (C=N–C) groups is 1. The number of carbonyl (C=O) groups excluding carboxylic acids is 2. The first kappa shape index (κ1) is 15.8. The Bertz CT molecular complexity index is 429. The highest BCUT2D eigenvalue weighted by Crippen LogP contribution is 1.92. The molecule has 0 aliphatic carbocycles. The fourth-order valence-corrected chi connectivity index (χ4v) is 0.907. The van der Waals surface area contributed by atoms with Crippen LogP contribution < -0.4 is 0 Å². The fraction of sp³-hybridized carbons (Fsp3) is 0.417. The molecule has 1 aromatic heterocycles. The number of hydrogen-bond donors (Lipinski definition) is 1. The Morgan fingerprint density at radius 1 is 1.61 bits per heavy atom. The van der Waals surface area contributed by atoms with Crippen LogP contribution in [0, 0.1) is 13.8 Å². The average molecular weight is 251 g/mol. The summed E-state index contributed by atoms with van der Waals surface area (Å²) in [6.07, 6.45) is 1.33. The maximum Gasteiger partial charge on any atom is 0.333 e. The lowest BCUT2D eigenvalue weighted by Gasteiger charge is -1.99. The largest absolute Gasteiger partial charge is 0.460 e. The number of H-pyrrole nitrogens is 1. The predicted octanol–water partition coefficient (Wildman–Crippen LogP) is 1.47. The minimum absolute atomic E-state index is 0.0981. The molecule has 1 rings (SSSR count). The van der Waals surface area contributed by atoms with Gasteiger partial charge < -0.3 is 4.74 Å². The van der Waals surface area contributed by atoms with Crippen LogP contribution in [0.4, 0.5) is 0 Å². The third-order valence-electron chi connectivity index (χ3n) is 1.68. The molecule has 0 aliphatic heterocycles. The van der Waals surface area contributed by atoms with Gasteiger partial charge in [-0.15, -0.1) is 0 Å². The number of aromatic amines is 1. The lowest BCUT2D eigenvalue weighted by molar-refractivity contribution is -0.138. The molecule has 0 aliphatic rings. The summed E-state index contributed by atoms with van der Waals surface area (Å²) >= 11 is 0. The average Bonchev–Trinajstić information content (AvgIpc) is 2.69. The number of ether oxygens (including phenoxy) is 1. The second-order valence-corrected chi connectivity index (χ2v) is 3.58. The van der Waals surface area contributed by atoms with Crippen molar-refractivity contribution in [3.8, 4) is 0 Å². The molecule has 0 bridgehead atoms. The van der Waals surface area contributed by atoms with Gasteiger partial charge in [-0.3, -0.25) is 5.10 Å². The Labute approximate surface area is 106 Å². The lowest BCUT2D eigenvalue weighted by Crippen LogP contribution is -2.07. The SMILES string of the molecule is C=C(C)C(=O)OCCN=C=O.Cc1cc(C)[nH]n1. The highest BCUT2D eigenvalue weighted by atomic mass is 16.5. The van der Waals surface area contributed by atoms with Crippen molar-refractivity contribution in [1.82, 2.24) is 10.2 Å². The van der Waals surface area contributed by atoms with Gasteiger partial charge in [0.15, 0.2) is 0 Å². The predicted molar refractivity (Wildman–Crippen MR) is 66.8 cm³/mol. The maximum atomic E-state index is 10.6. The van der Waals surface area contributed by atoms with Crippen molar-refractivity contribution in [3.05, 3.63) is 29.6 Å². The Hall–Kier alpha value is -2.20. The van der Waals surface area contributed by atoms with Crippen LogP contribution >= 0.6 is 0 Å². The molecule has 1 aromatic rings. The fourth-order valence-electron chi connectivity index (χ4n) is 0.907. The number of nitrogens with one attached hydrogen (secondary N) is 1. The van der Waals surface area contributed by atoms with Crippen molar-refractivity contribution in [1.29, 1.82) is 0 Å².